The van der Waals surface area contributed by atoms with Crippen molar-refractivity contribution < 1.29 is 19.8 Å². The van der Waals surface area contributed by atoms with E-state index in [0.29, 0.717) is 25.7 Å². The molecule has 0 aliphatic carbocycles. The molecule has 0 radical (unpaired) electrons. The van der Waals surface area contributed by atoms with E-state index < -0.39 is 21.4 Å². The minimum atomic E-state index is -1.01. The van der Waals surface area contributed by atoms with Crippen LogP contribution in [0.2, 0.25) is 0 Å². The minimum absolute atomic E-state index is 0.471. The molecule has 0 bridgehead atoms. The summed E-state index contributed by atoms with van der Waals surface area (Å²) in [6, 6.07) is 0. The van der Waals surface area contributed by atoms with Crippen LogP contribution in [0.4, 0.5) is 0 Å². The Kier molecular flexibility index (Phi) is 30.1. The molecule has 0 saturated heterocycles. The number of aliphatic carboxylic acids is 2. The van der Waals surface area contributed by atoms with E-state index in [0.717, 1.165) is 38.5 Å². The zero-order valence-electron chi connectivity index (χ0n) is 30.7. The molecule has 5 heteroatoms. The minimum Gasteiger partial charge on any atom is -0.480 e. The molecular weight excluding hydrogens is 577 g/mol. The van der Waals surface area contributed by atoms with Crippen LogP contribution in [-0.4, -0.2) is 31.6 Å². The number of hydrogen-bond acceptors (Lipinski definition) is 3. The number of rotatable bonds is 36. The Labute approximate surface area is 285 Å². The molecule has 0 aromatic carbocycles. The summed E-state index contributed by atoms with van der Waals surface area (Å²) in [6.07, 6.45) is 37.7. The number of hydrogen-bond donors (Lipinski definition) is 2. The number of carboxylic acid groups (broad SMARTS) is 2. The third-order valence-electron chi connectivity index (χ3n) is 10.2. The van der Waals surface area contributed by atoms with E-state index in [1.807, 2.05) is 13.8 Å². The summed E-state index contributed by atoms with van der Waals surface area (Å²) < 4.78 is -2.02. The van der Waals surface area contributed by atoms with Crippen molar-refractivity contribution in [3.8, 4) is 0 Å². The summed E-state index contributed by atoms with van der Waals surface area (Å²) in [6.45, 7) is 8.40. The number of unbranched alkanes of at least 4 members (excludes halogenated alkanes) is 26. The first-order valence-electron chi connectivity index (χ1n) is 20.0. The van der Waals surface area contributed by atoms with Crippen LogP contribution in [0.1, 0.15) is 233 Å². The summed E-state index contributed by atoms with van der Waals surface area (Å²) in [5, 5.41) is 20.7. The van der Waals surface area contributed by atoms with E-state index in [2.05, 4.69) is 13.8 Å². The third-order valence-corrected chi connectivity index (χ3v) is 12.3. The fraction of sp³-hybridized carbons (Fsp3) is 0.950. The van der Waals surface area contributed by atoms with Gasteiger partial charge in [-0.05, 0) is 25.7 Å². The molecule has 0 aromatic rings. The molecule has 0 saturated carbocycles. The molecule has 2 unspecified atom stereocenters. The molecule has 2 N–H and O–H groups in total. The average Bonchev–Trinajstić information content (AvgIpc) is 3.03. The second-order valence-electron chi connectivity index (χ2n) is 14.1. The fourth-order valence-electron chi connectivity index (χ4n) is 6.79. The van der Waals surface area contributed by atoms with Crippen molar-refractivity contribution in [1.82, 2.24) is 0 Å². The van der Waals surface area contributed by atoms with Gasteiger partial charge in [-0.1, -0.05) is 207 Å². The maximum Gasteiger partial charge on any atom is 0.319 e. The molecule has 0 aromatic heterocycles. The Morgan fingerprint density at radius 3 is 0.756 bits per heavy atom. The van der Waals surface area contributed by atoms with Gasteiger partial charge in [0.25, 0.3) is 0 Å². The lowest BCUT2D eigenvalue weighted by Gasteiger charge is -2.37. The molecule has 45 heavy (non-hydrogen) atoms. The molecule has 4 nitrogen and oxygen atoms in total. The van der Waals surface area contributed by atoms with Crippen molar-refractivity contribution in [1.29, 1.82) is 0 Å². The molecule has 0 amide bonds. The highest BCUT2D eigenvalue weighted by molar-refractivity contribution is 8.03. The van der Waals surface area contributed by atoms with Gasteiger partial charge in [0.15, 0.2) is 0 Å². The predicted octanol–water partition coefficient (Wildman–Crippen LogP) is 13.9. The predicted molar refractivity (Wildman–Crippen MR) is 199 cm³/mol. The molecule has 0 rings (SSSR count). The van der Waals surface area contributed by atoms with E-state index in [1.54, 1.807) is 0 Å². The van der Waals surface area contributed by atoms with Crippen LogP contribution in [-0.2, 0) is 9.59 Å². The van der Waals surface area contributed by atoms with E-state index in [4.69, 9.17) is 0 Å². The van der Waals surface area contributed by atoms with Crippen molar-refractivity contribution in [2.24, 2.45) is 0 Å². The largest absolute Gasteiger partial charge is 0.480 e. The van der Waals surface area contributed by atoms with Crippen LogP contribution in [0.25, 0.3) is 0 Å². The zero-order valence-corrected chi connectivity index (χ0v) is 31.6. The first-order valence-corrected chi connectivity index (χ1v) is 20.8. The Morgan fingerprint density at radius 2 is 0.578 bits per heavy atom. The summed E-state index contributed by atoms with van der Waals surface area (Å²) in [5.41, 5.74) is 0. The van der Waals surface area contributed by atoms with Gasteiger partial charge in [0.1, 0.15) is 9.49 Å². The molecule has 0 fully saturated rings. The van der Waals surface area contributed by atoms with Crippen LogP contribution in [0.5, 0.6) is 0 Å². The Balaban J connectivity index is 4.37. The highest BCUT2D eigenvalue weighted by atomic mass is 32.2. The van der Waals surface area contributed by atoms with Crippen LogP contribution in [0, 0.1) is 0 Å². The molecule has 0 aliphatic heterocycles. The number of carboxylic acids is 2. The van der Waals surface area contributed by atoms with Gasteiger partial charge in [-0.3, -0.25) is 9.59 Å². The van der Waals surface area contributed by atoms with Crippen LogP contribution in [0.3, 0.4) is 0 Å². The SMILES string of the molecule is CCCCCCCCCCCCCCCCC(CC)(SC(CC)(CCCCCCCCCCCCCCCC)C(=O)O)C(=O)O. The van der Waals surface area contributed by atoms with Crippen LogP contribution in [0.15, 0.2) is 0 Å². The summed E-state index contributed by atoms with van der Waals surface area (Å²) in [4.78, 5) is 25.2. The molecule has 0 heterocycles. The lowest BCUT2D eigenvalue weighted by molar-refractivity contribution is -0.140. The maximum atomic E-state index is 12.6. The molecular formula is C40H78O4S. The summed E-state index contributed by atoms with van der Waals surface area (Å²) in [7, 11) is 0. The Hall–Kier alpha value is -0.710. The van der Waals surface area contributed by atoms with Gasteiger partial charge in [0.05, 0.1) is 0 Å². The van der Waals surface area contributed by atoms with Gasteiger partial charge < -0.3 is 10.2 Å². The number of carbonyl (C=O) groups is 2. The first kappa shape index (κ1) is 44.3. The van der Waals surface area contributed by atoms with Gasteiger partial charge in [-0.2, -0.15) is 0 Å². The van der Waals surface area contributed by atoms with Gasteiger partial charge in [0, 0.05) is 0 Å². The summed E-state index contributed by atoms with van der Waals surface area (Å²) in [5.74, 6) is -1.66. The van der Waals surface area contributed by atoms with Gasteiger partial charge >= 0.3 is 11.9 Å². The van der Waals surface area contributed by atoms with Crippen LogP contribution >= 0.6 is 11.8 Å². The van der Waals surface area contributed by atoms with E-state index in [1.165, 1.54) is 153 Å². The lowest BCUT2D eigenvalue weighted by atomic mass is 9.95. The lowest BCUT2D eigenvalue weighted by Crippen LogP contribution is -2.45. The molecule has 0 aliphatic rings. The molecule has 0 spiro atoms. The van der Waals surface area contributed by atoms with E-state index in [-0.39, 0.29) is 0 Å². The number of thioether (sulfide) groups is 1. The summed E-state index contributed by atoms with van der Waals surface area (Å²) >= 11 is 1.27. The monoisotopic (exact) mass is 655 g/mol. The second-order valence-corrected chi connectivity index (χ2v) is 15.9. The quantitative estimate of drug-likeness (QED) is 0.0658. The highest BCUT2D eigenvalue weighted by Gasteiger charge is 2.48. The van der Waals surface area contributed by atoms with E-state index in [9.17, 15) is 19.8 Å². The second kappa shape index (κ2) is 30.6. The fourth-order valence-corrected chi connectivity index (χ4v) is 8.49. The van der Waals surface area contributed by atoms with E-state index >= 15 is 0 Å². The van der Waals surface area contributed by atoms with Gasteiger partial charge in [0.2, 0.25) is 0 Å². The normalized spacial score (nSPS) is 14.3. The van der Waals surface area contributed by atoms with Gasteiger partial charge in [-0.15, -0.1) is 11.8 Å². The smallest absolute Gasteiger partial charge is 0.319 e. The topological polar surface area (TPSA) is 74.6 Å². The molecule has 268 valence electrons. The Bertz CT molecular complexity index is 627. The maximum absolute atomic E-state index is 12.6. The van der Waals surface area contributed by atoms with Crippen molar-refractivity contribution in [3.05, 3.63) is 0 Å². The Morgan fingerprint density at radius 1 is 0.378 bits per heavy atom. The first-order chi connectivity index (χ1) is 21.8. The highest BCUT2D eigenvalue weighted by Crippen LogP contribution is 2.47. The third kappa shape index (κ3) is 22.5. The van der Waals surface area contributed by atoms with Crippen molar-refractivity contribution >= 4 is 23.7 Å². The average molecular weight is 655 g/mol. The molecule has 2 atom stereocenters. The van der Waals surface area contributed by atoms with Crippen molar-refractivity contribution in [2.75, 3.05) is 0 Å². The van der Waals surface area contributed by atoms with Crippen molar-refractivity contribution in [3.63, 3.8) is 0 Å². The zero-order chi connectivity index (χ0) is 33.5. The standard InChI is InChI=1S/C40H78O4S/c1-5-9-11-13-15-17-19-21-23-25-27-29-31-33-35-39(7-3,37(41)42)45-40(8-4,38(43)44)36-34-32-30-28-26-24-22-20-18-16-14-12-10-6-2/h5-36H2,1-4H3,(H,41,42)(H,43,44). The van der Waals surface area contributed by atoms with Crippen molar-refractivity contribution in [2.45, 2.75) is 243 Å². The van der Waals surface area contributed by atoms with Gasteiger partial charge in [-0.25, -0.2) is 0 Å². The van der Waals surface area contributed by atoms with Crippen LogP contribution < -0.4 is 0 Å².